The molecule has 0 aliphatic heterocycles. The summed E-state index contributed by atoms with van der Waals surface area (Å²) in [6, 6.07) is 3.58. The van der Waals surface area contributed by atoms with Gasteiger partial charge in [-0.15, -0.1) is 0 Å². The third-order valence-electron chi connectivity index (χ3n) is 2.66. The Bertz CT molecular complexity index is 349. The standard InChI is InChI=1S/C13H20BrNO2/c1-3-11-6-7-12(17-11)13(16)15-8-4-5-10(2)9-14/h6-7,10H,3-5,8-9H2,1-2H3,(H,15,16). The van der Waals surface area contributed by atoms with Gasteiger partial charge in [-0.25, -0.2) is 0 Å². The van der Waals surface area contributed by atoms with Crippen LogP contribution < -0.4 is 5.32 Å². The lowest BCUT2D eigenvalue weighted by Crippen LogP contribution is -2.24. The minimum Gasteiger partial charge on any atom is -0.456 e. The number of halogens is 1. The smallest absolute Gasteiger partial charge is 0.286 e. The molecule has 0 aliphatic carbocycles. The molecule has 1 N–H and O–H groups in total. The molecule has 3 nitrogen and oxygen atoms in total. The number of alkyl halides is 1. The second-order valence-corrected chi connectivity index (χ2v) is 4.92. The summed E-state index contributed by atoms with van der Waals surface area (Å²) in [5.41, 5.74) is 0. The molecule has 1 aromatic heterocycles. The van der Waals surface area contributed by atoms with Gasteiger partial charge in [-0.05, 0) is 30.9 Å². The Morgan fingerprint density at radius 2 is 2.29 bits per heavy atom. The molecule has 1 heterocycles. The first-order chi connectivity index (χ1) is 8.17. The van der Waals surface area contributed by atoms with Crippen LogP contribution in [0.15, 0.2) is 16.5 Å². The third-order valence-corrected chi connectivity index (χ3v) is 3.76. The van der Waals surface area contributed by atoms with Gasteiger partial charge < -0.3 is 9.73 Å². The first-order valence-electron chi connectivity index (χ1n) is 6.10. The summed E-state index contributed by atoms with van der Waals surface area (Å²) in [6.07, 6.45) is 2.93. The van der Waals surface area contributed by atoms with Crippen molar-refractivity contribution in [3.8, 4) is 0 Å². The zero-order chi connectivity index (χ0) is 12.7. The van der Waals surface area contributed by atoms with Crippen LogP contribution in [0.3, 0.4) is 0 Å². The fourth-order valence-corrected chi connectivity index (χ4v) is 1.83. The summed E-state index contributed by atoms with van der Waals surface area (Å²) >= 11 is 3.44. The lowest BCUT2D eigenvalue weighted by atomic mass is 10.1. The van der Waals surface area contributed by atoms with E-state index in [1.165, 1.54) is 0 Å². The van der Waals surface area contributed by atoms with Gasteiger partial charge in [-0.2, -0.15) is 0 Å². The van der Waals surface area contributed by atoms with E-state index in [0.29, 0.717) is 18.2 Å². The first-order valence-corrected chi connectivity index (χ1v) is 7.22. The Kier molecular flexibility index (Phi) is 6.34. The van der Waals surface area contributed by atoms with Crippen molar-refractivity contribution in [2.75, 3.05) is 11.9 Å². The predicted molar refractivity (Wildman–Crippen MR) is 72.6 cm³/mol. The molecule has 0 aromatic carbocycles. The highest BCUT2D eigenvalue weighted by molar-refractivity contribution is 9.09. The average molecular weight is 302 g/mol. The minimum atomic E-state index is -0.115. The van der Waals surface area contributed by atoms with Crippen molar-refractivity contribution in [3.63, 3.8) is 0 Å². The van der Waals surface area contributed by atoms with Gasteiger partial charge in [0.05, 0.1) is 0 Å². The summed E-state index contributed by atoms with van der Waals surface area (Å²) in [7, 11) is 0. The maximum Gasteiger partial charge on any atom is 0.286 e. The van der Waals surface area contributed by atoms with Gasteiger partial charge >= 0.3 is 0 Å². The number of carbonyl (C=O) groups is 1. The number of hydrogen-bond acceptors (Lipinski definition) is 2. The van der Waals surface area contributed by atoms with Crippen LogP contribution in [0.25, 0.3) is 0 Å². The van der Waals surface area contributed by atoms with Gasteiger partial charge in [-0.3, -0.25) is 4.79 Å². The van der Waals surface area contributed by atoms with Crippen LogP contribution in [0, 0.1) is 5.92 Å². The fraction of sp³-hybridized carbons (Fsp3) is 0.615. The molecular weight excluding hydrogens is 282 g/mol. The maximum absolute atomic E-state index is 11.7. The summed E-state index contributed by atoms with van der Waals surface area (Å²) in [5.74, 6) is 1.80. The van der Waals surface area contributed by atoms with Crippen LogP contribution in [0.1, 0.15) is 43.0 Å². The van der Waals surface area contributed by atoms with E-state index < -0.39 is 0 Å². The Balaban J connectivity index is 2.25. The number of hydrogen-bond donors (Lipinski definition) is 1. The normalized spacial score (nSPS) is 12.4. The number of rotatable bonds is 7. The van der Waals surface area contributed by atoms with Crippen molar-refractivity contribution >= 4 is 21.8 Å². The summed E-state index contributed by atoms with van der Waals surface area (Å²) in [6.45, 7) is 4.90. The molecule has 0 fully saturated rings. The largest absolute Gasteiger partial charge is 0.456 e. The van der Waals surface area contributed by atoms with Crippen molar-refractivity contribution in [1.82, 2.24) is 5.32 Å². The molecule has 0 radical (unpaired) electrons. The Morgan fingerprint density at radius 3 is 2.88 bits per heavy atom. The molecule has 0 saturated heterocycles. The molecule has 0 spiro atoms. The van der Waals surface area contributed by atoms with Gasteiger partial charge in [0.2, 0.25) is 0 Å². The molecule has 96 valence electrons. The molecule has 1 atom stereocenters. The number of nitrogens with one attached hydrogen (secondary N) is 1. The molecule has 0 saturated carbocycles. The number of carbonyl (C=O) groups excluding carboxylic acids is 1. The molecular formula is C13H20BrNO2. The lowest BCUT2D eigenvalue weighted by Gasteiger charge is -2.07. The molecule has 1 unspecified atom stereocenters. The molecule has 4 heteroatoms. The maximum atomic E-state index is 11.7. The van der Waals surface area contributed by atoms with E-state index in [-0.39, 0.29) is 5.91 Å². The monoisotopic (exact) mass is 301 g/mol. The van der Waals surface area contributed by atoms with E-state index in [0.717, 1.165) is 30.4 Å². The van der Waals surface area contributed by atoms with Gasteiger partial charge in [0.15, 0.2) is 5.76 Å². The van der Waals surface area contributed by atoms with E-state index in [1.807, 2.05) is 13.0 Å². The van der Waals surface area contributed by atoms with Crippen molar-refractivity contribution in [2.24, 2.45) is 5.92 Å². The predicted octanol–water partition coefficient (Wildman–Crippen LogP) is 3.38. The number of amides is 1. The number of aryl methyl sites for hydroxylation is 1. The topological polar surface area (TPSA) is 42.2 Å². The van der Waals surface area contributed by atoms with Crippen molar-refractivity contribution < 1.29 is 9.21 Å². The Hall–Kier alpha value is -0.770. The zero-order valence-corrected chi connectivity index (χ0v) is 12.0. The average Bonchev–Trinajstić information content (AvgIpc) is 2.82. The first kappa shape index (κ1) is 14.3. The van der Waals surface area contributed by atoms with Crippen LogP contribution in [0.4, 0.5) is 0 Å². The zero-order valence-electron chi connectivity index (χ0n) is 10.5. The van der Waals surface area contributed by atoms with E-state index >= 15 is 0 Å². The van der Waals surface area contributed by atoms with Crippen molar-refractivity contribution in [2.45, 2.75) is 33.1 Å². The van der Waals surface area contributed by atoms with Crippen LogP contribution in [0.2, 0.25) is 0 Å². The summed E-state index contributed by atoms with van der Waals surface area (Å²) < 4.78 is 5.37. The molecule has 0 aliphatic rings. The molecule has 1 rings (SSSR count). The van der Waals surface area contributed by atoms with E-state index in [1.54, 1.807) is 6.07 Å². The Labute approximate surface area is 111 Å². The highest BCUT2D eigenvalue weighted by Gasteiger charge is 2.09. The molecule has 17 heavy (non-hydrogen) atoms. The lowest BCUT2D eigenvalue weighted by molar-refractivity contribution is 0.0923. The van der Waals surface area contributed by atoms with Crippen LogP contribution in [0.5, 0.6) is 0 Å². The summed E-state index contributed by atoms with van der Waals surface area (Å²) in [4.78, 5) is 11.7. The highest BCUT2D eigenvalue weighted by atomic mass is 79.9. The molecule has 0 bridgehead atoms. The molecule has 1 aromatic rings. The molecule has 1 amide bonds. The van der Waals surface area contributed by atoms with Crippen molar-refractivity contribution in [3.05, 3.63) is 23.7 Å². The second kappa shape index (κ2) is 7.54. The van der Waals surface area contributed by atoms with Gasteiger partial charge in [-0.1, -0.05) is 29.8 Å². The van der Waals surface area contributed by atoms with E-state index in [2.05, 4.69) is 28.2 Å². The van der Waals surface area contributed by atoms with Crippen molar-refractivity contribution in [1.29, 1.82) is 0 Å². The van der Waals surface area contributed by atoms with E-state index in [4.69, 9.17) is 4.42 Å². The van der Waals surface area contributed by atoms with E-state index in [9.17, 15) is 4.79 Å². The van der Waals surface area contributed by atoms with Gasteiger partial charge in [0, 0.05) is 18.3 Å². The minimum absolute atomic E-state index is 0.115. The fourth-order valence-electron chi connectivity index (χ4n) is 1.51. The van der Waals surface area contributed by atoms with Crippen LogP contribution >= 0.6 is 15.9 Å². The van der Waals surface area contributed by atoms with Crippen LogP contribution in [-0.2, 0) is 6.42 Å². The third kappa shape index (κ3) is 4.94. The quantitative estimate of drug-likeness (QED) is 0.620. The van der Waals surface area contributed by atoms with Gasteiger partial charge in [0.25, 0.3) is 5.91 Å². The number of furan rings is 1. The van der Waals surface area contributed by atoms with Crippen LogP contribution in [-0.4, -0.2) is 17.8 Å². The summed E-state index contributed by atoms with van der Waals surface area (Å²) in [5, 5.41) is 3.88. The second-order valence-electron chi connectivity index (χ2n) is 4.28. The SMILES string of the molecule is CCc1ccc(C(=O)NCCCC(C)CBr)o1. The van der Waals surface area contributed by atoms with Gasteiger partial charge in [0.1, 0.15) is 5.76 Å². The Morgan fingerprint density at radius 1 is 1.53 bits per heavy atom. The highest BCUT2D eigenvalue weighted by Crippen LogP contribution is 2.09.